The topological polar surface area (TPSA) is 40.9 Å². The number of ketones is 1. The summed E-state index contributed by atoms with van der Waals surface area (Å²) in [5.41, 5.74) is 0.291. The Bertz CT molecular complexity index is 357. The van der Waals surface area contributed by atoms with Crippen molar-refractivity contribution in [3.05, 3.63) is 0 Å². The second kappa shape index (κ2) is 4.37. The van der Waals surface area contributed by atoms with Gasteiger partial charge in [0.25, 0.3) is 0 Å². The van der Waals surface area contributed by atoms with Crippen LogP contribution in [0, 0.1) is 40.4 Å². The molecule has 0 spiro atoms. The van der Waals surface area contributed by atoms with E-state index in [1.165, 1.54) is 38.5 Å². The van der Waals surface area contributed by atoms with E-state index in [2.05, 4.69) is 6.07 Å². The van der Waals surface area contributed by atoms with Crippen LogP contribution in [0.25, 0.3) is 0 Å². The zero-order chi connectivity index (χ0) is 12.8. The quantitative estimate of drug-likeness (QED) is 0.757. The summed E-state index contributed by atoms with van der Waals surface area (Å²) < 4.78 is 0. The molecule has 4 aliphatic carbocycles. The maximum Gasteiger partial charge on any atom is 0.129 e. The highest BCUT2D eigenvalue weighted by atomic mass is 16.1. The van der Waals surface area contributed by atoms with Gasteiger partial charge in [0, 0.05) is 6.42 Å². The third kappa shape index (κ3) is 1.98. The highest BCUT2D eigenvalue weighted by Crippen LogP contribution is 2.63. The molecule has 0 N–H and O–H groups in total. The lowest BCUT2D eigenvalue weighted by Gasteiger charge is -2.58. The summed E-state index contributed by atoms with van der Waals surface area (Å²) in [6.07, 6.45) is 9.48. The number of hydrogen-bond acceptors (Lipinski definition) is 2. The third-order valence-corrected chi connectivity index (χ3v) is 5.77. The molecule has 2 heteroatoms. The standard InChI is InChI=1S/C16H23NO/c1-11(18)2-3-15(10-17)16-7-12-4-13(8-16)6-14(5-12)9-16/h12-15H,2-9H2,1H3. The zero-order valence-corrected chi connectivity index (χ0v) is 11.3. The molecule has 0 aromatic carbocycles. The van der Waals surface area contributed by atoms with Gasteiger partial charge in [-0.2, -0.15) is 5.26 Å². The third-order valence-electron chi connectivity index (χ3n) is 5.77. The minimum absolute atomic E-state index is 0.134. The molecule has 4 rings (SSSR count). The number of carbonyl (C=O) groups excluding carboxylic acids is 1. The molecule has 1 atom stereocenters. The molecule has 0 radical (unpaired) electrons. The number of rotatable bonds is 4. The fourth-order valence-electron chi connectivity index (χ4n) is 5.46. The monoisotopic (exact) mass is 245 g/mol. The number of hydrogen-bond donors (Lipinski definition) is 0. The van der Waals surface area contributed by atoms with Crippen molar-refractivity contribution in [3.63, 3.8) is 0 Å². The van der Waals surface area contributed by atoms with Crippen LogP contribution in [-0.2, 0) is 4.79 Å². The van der Waals surface area contributed by atoms with Crippen molar-refractivity contribution in [2.24, 2.45) is 29.1 Å². The van der Waals surface area contributed by atoms with Crippen LogP contribution in [0.2, 0.25) is 0 Å². The van der Waals surface area contributed by atoms with E-state index >= 15 is 0 Å². The summed E-state index contributed by atoms with van der Waals surface area (Å²) >= 11 is 0. The maximum absolute atomic E-state index is 11.2. The summed E-state index contributed by atoms with van der Waals surface area (Å²) in [5.74, 6) is 3.05. The van der Waals surface area contributed by atoms with E-state index in [0.717, 1.165) is 24.2 Å². The van der Waals surface area contributed by atoms with Gasteiger partial charge in [0.1, 0.15) is 5.78 Å². The van der Waals surface area contributed by atoms with Crippen molar-refractivity contribution in [3.8, 4) is 6.07 Å². The van der Waals surface area contributed by atoms with Crippen molar-refractivity contribution >= 4 is 5.78 Å². The predicted molar refractivity (Wildman–Crippen MR) is 69.6 cm³/mol. The van der Waals surface area contributed by atoms with Gasteiger partial charge in [-0.05, 0) is 75.0 Å². The highest BCUT2D eigenvalue weighted by Gasteiger charge is 2.54. The Morgan fingerprint density at radius 3 is 2.11 bits per heavy atom. The molecule has 4 saturated carbocycles. The molecule has 0 aromatic rings. The molecular weight excluding hydrogens is 222 g/mol. The molecule has 0 aliphatic heterocycles. The summed E-state index contributed by atoms with van der Waals surface area (Å²) in [6.45, 7) is 1.65. The molecule has 0 amide bonds. The molecule has 4 bridgehead atoms. The van der Waals surface area contributed by atoms with Gasteiger partial charge in [-0.15, -0.1) is 0 Å². The molecule has 4 aliphatic rings. The molecule has 18 heavy (non-hydrogen) atoms. The van der Waals surface area contributed by atoms with Gasteiger partial charge in [-0.25, -0.2) is 0 Å². The van der Waals surface area contributed by atoms with E-state index in [-0.39, 0.29) is 11.7 Å². The Kier molecular flexibility index (Phi) is 2.96. The summed E-state index contributed by atoms with van der Waals surface area (Å²) in [7, 11) is 0. The lowest BCUT2D eigenvalue weighted by atomic mass is 9.46. The van der Waals surface area contributed by atoms with Gasteiger partial charge in [0.2, 0.25) is 0 Å². The minimum Gasteiger partial charge on any atom is -0.300 e. The second-order valence-electron chi connectivity index (χ2n) is 7.20. The largest absolute Gasteiger partial charge is 0.300 e. The van der Waals surface area contributed by atoms with E-state index in [1.54, 1.807) is 6.92 Å². The van der Waals surface area contributed by atoms with E-state index in [4.69, 9.17) is 0 Å². The van der Waals surface area contributed by atoms with E-state index in [0.29, 0.717) is 11.8 Å². The van der Waals surface area contributed by atoms with Crippen molar-refractivity contribution in [2.45, 2.75) is 58.3 Å². The fraction of sp³-hybridized carbons (Fsp3) is 0.875. The van der Waals surface area contributed by atoms with E-state index < -0.39 is 0 Å². The van der Waals surface area contributed by atoms with Gasteiger partial charge < -0.3 is 4.79 Å². The summed E-state index contributed by atoms with van der Waals surface area (Å²) in [5, 5.41) is 9.54. The SMILES string of the molecule is CC(=O)CCC(C#N)C12CC3CC(CC(C3)C1)C2. The van der Waals surface area contributed by atoms with E-state index in [1.807, 2.05) is 0 Å². The average Bonchev–Trinajstić information content (AvgIpc) is 2.26. The van der Waals surface area contributed by atoms with Crippen LogP contribution in [-0.4, -0.2) is 5.78 Å². The Morgan fingerprint density at radius 2 is 1.72 bits per heavy atom. The number of carbonyl (C=O) groups is 1. The van der Waals surface area contributed by atoms with Gasteiger partial charge in [-0.1, -0.05) is 0 Å². The van der Waals surface area contributed by atoms with Gasteiger partial charge in [0.15, 0.2) is 0 Å². The summed E-state index contributed by atoms with van der Waals surface area (Å²) in [4.78, 5) is 11.2. The van der Waals surface area contributed by atoms with Gasteiger partial charge in [-0.3, -0.25) is 0 Å². The van der Waals surface area contributed by atoms with Crippen molar-refractivity contribution in [2.75, 3.05) is 0 Å². The number of nitriles is 1. The first-order chi connectivity index (χ1) is 8.61. The van der Waals surface area contributed by atoms with Crippen LogP contribution in [0.5, 0.6) is 0 Å². The Balaban J connectivity index is 1.77. The first-order valence-corrected chi connectivity index (χ1v) is 7.50. The Morgan fingerprint density at radius 1 is 1.22 bits per heavy atom. The first kappa shape index (κ1) is 12.2. The maximum atomic E-state index is 11.2. The highest BCUT2D eigenvalue weighted by molar-refractivity contribution is 5.75. The number of nitrogens with zero attached hydrogens (tertiary/aromatic N) is 1. The van der Waals surface area contributed by atoms with Crippen molar-refractivity contribution in [1.82, 2.24) is 0 Å². The Labute approximate surface area is 110 Å². The molecule has 0 saturated heterocycles. The van der Waals surface area contributed by atoms with E-state index in [9.17, 15) is 10.1 Å². The van der Waals surface area contributed by atoms with Crippen molar-refractivity contribution < 1.29 is 4.79 Å². The lowest BCUT2D eigenvalue weighted by Crippen LogP contribution is -2.49. The van der Waals surface area contributed by atoms with Crippen LogP contribution in [0.3, 0.4) is 0 Å². The summed E-state index contributed by atoms with van der Waals surface area (Å²) in [6, 6.07) is 2.56. The molecule has 4 fully saturated rings. The van der Waals surface area contributed by atoms with Crippen LogP contribution in [0.1, 0.15) is 58.3 Å². The van der Waals surface area contributed by atoms with Crippen molar-refractivity contribution in [1.29, 1.82) is 5.26 Å². The molecule has 2 nitrogen and oxygen atoms in total. The second-order valence-corrected chi connectivity index (χ2v) is 7.20. The minimum atomic E-state index is 0.134. The first-order valence-electron chi connectivity index (χ1n) is 7.50. The van der Waals surface area contributed by atoms with Crippen LogP contribution in [0.15, 0.2) is 0 Å². The molecule has 1 unspecified atom stereocenters. The van der Waals surface area contributed by atoms with Gasteiger partial charge >= 0.3 is 0 Å². The molecule has 98 valence electrons. The predicted octanol–water partition coefficient (Wildman–Crippen LogP) is 3.71. The number of Topliss-reactive ketones (excluding diaryl/α,β-unsaturated/α-hetero) is 1. The average molecular weight is 245 g/mol. The normalized spacial score (nSPS) is 42.6. The molecular formula is C16H23NO. The lowest BCUT2D eigenvalue weighted by molar-refractivity contribution is -0.118. The fourth-order valence-corrected chi connectivity index (χ4v) is 5.46. The molecule has 0 heterocycles. The zero-order valence-electron chi connectivity index (χ0n) is 11.3. The smallest absolute Gasteiger partial charge is 0.129 e. The van der Waals surface area contributed by atoms with Gasteiger partial charge in [0.05, 0.1) is 12.0 Å². The van der Waals surface area contributed by atoms with Crippen LogP contribution in [0.4, 0.5) is 0 Å². The molecule has 0 aromatic heterocycles. The van der Waals surface area contributed by atoms with Crippen LogP contribution >= 0.6 is 0 Å². The van der Waals surface area contributed by atoms with Crippen LogP contribution < -0.4 is 0 Å². The Hall–Kier alpha value is -0.840.